The molecule has 0 aliphatic heterocycles. The van der Waals surface area contributed by atoms with Gasteiger partial charge in [0, 0.05) is 17.0 Å². The summed E-state index contributed by atoms with van der Waals surface area (Å²) in [4.78, 5) is 32.6. The van der Waals surface area contributed by atoms with Crippen LogP contribution in [0.15, 0.2) is 29.2 Å². The standard InChI is InChI=1S/C11H12N2O5S/c1-7(11(15)16)12-10(14)6-19-9-4-2-8(3-5-9)13(17)18/h2-5,7H,6H2,1H3,(H,12,14)(H,15,16). The lowest BCUT2D eigenvalue weighted by Gasteiger charge is -2.08. The molecule has 102 valence electrons. The van der Waals surface area contributed by atoms with Gasteiger partial charge in [0.05, 0.1) is 10.7 Å². The average Bonchev–Trinajstić information content (AvgIpc) is 2.36. The predicted octanol–water partition coefficient (Wildman–Crippen LogP) is 1.28. The Morgan fingerprint density at radius 1 is 1.42 bits per heavy atom. The summed E-state index contributed by atoms with van der Waals surface area (Å²) in [5.41, 5.74) is -0.0201. The fourth-order valence-corrected chi connectivity index (χ4v) is 1.87. The number of nitrogens with one attached hydrogen (secondary N) is 1. The third-order valence-electron chi connectivity index (χ3n) is 2.17. The van der Waals surface area contributed by atoms with Gasteiger partial charge in [0.15, 0.2) is 0 Å². The molecule has 1 amide bonds. The van der Waals surface area contributed by atoms with Crippen LogP contribution in [0.25, 0.3) is 0 Å². The van der Waals surface area contributed by atoms with Gasteiger partial charge in [0.2, 0.25) is 5.91 Å². The molecule has 19 heavy (non-hydrogen) atoms. The lowest BCUT2D eigenvalue weighted by molar-refractivity contribution is -0.384. The number of carbonyl (C=O) groups is 2. The molecule has 8 heteroatoms. The van der Waals surface area contributed by atoms with Gasteiger partial charge in [-0.1, -0.05) is 0 Å². The fraction of sp³-hybridized carbons (Fsp3) is 0.273. The first-order chi connectivity index (χ1) is 8.90. The number of thioether (sulfide) groups is 1. The first kappa shape index (κ1) is 15.0. The van der Waals surface area contributed by atoms with Crippen molar-refractivity contribution in [3.8, 4) is 0 Å². The third kappa shape index (κ3) is 4.96. The maximum absolute atomic E-state index is 11.4. The number of benzene rings is 1. The minimum Gasteiger partial charge on any atom is -0.480 e. The number of carboxylic acid groups (broad SMARTS) is 1. The van der Waals surface area contributed by atoms with Crippen molar-refractivity contribution in [1.82, 2.24) is 5.32 Å². The highest BCUT2D eigenvalue weighted by molar-refractivity contribution is 8.00. The molecule has 7 nitrogen and oxygen atoms in total. The Hall–Kier alpha value is -2.09. The highest BCUT2D eigenvalue weighted by Crippen LogP contribution is 2.20. The number of amides is 1. The number of nitro benzene ring substituents is 1. The van der Waals surface area contributed by atoms with Gasteiger partial charge in [-0.3, -0.25) is 19.7 Å². The average molecular weight is 284 g/mol. The topological polar surface area (TPSA) is 110 Å². The van der Waals surface area contributed by atoms with Crippen LogP contribution in [0.2, 0.25) is 0 Å². The number of hydrogen-bond donors (Lipinski definition) is 2. The van der Waals surface area contributed by atoms with Crippen LogP contribution in [0, 0.1) is 10.1 Å². The van der Waals surface area contributed by atoms with E-state index in [4.69, 9.17) is 5.11 Å². The van der Waals surface area contributed by atoms with E-state index in [1.165, 1.54) is 43.0 Å². The van der Waals surface area contributed by atoms with E-state index >= 15 is 0 Å². The summed E-state index contributed by atoms with van der Waals surface area (Å²) < 4.78 is 0. The van der Waals surface area contributed by atoms with Crippen molar-refractivity contribution in [2.45, 2.75) is 17.9 Å². The van der Waals surface area contributed by atoms with Crippen molar-refractivity contribution < 1.29 is 19.6 Å². The Bertz CT molecular complexity index is 488. The monoisotopic (exact) mass is 284 g/mol. The van der Waals surface area contributed by atoms with Gasteiger partial charge in [-0.15, -0.1) is 11.8 Å². The van der Waals surface area contributed by atoms with E-state index in [1.54, 1.807) is 0 Å². The summed E-state index contributed by atoms with van der Waals surface area (Å²) in [5, 5.41) is 21.4. The third-order valence-corrected chi connectivity index (χ3v) is 3.18. The maximum atomic E-state index is 11.4. The lowest BCUT2D eigenvalue weighted by Crippen LogP contribution is -2.39. The van der Waals surface area contributed by atoms with Gasteiger partial charge in [-0.05, 0) is 19.1 Å². The highest BCUT2D eigenvalue weighted by Gasteiger charge is 2.14. The first-order valence-electron chi connectivity index (χ1n) is 5.29. The van der Waals surface area contributed by atoms with Crippen LogP contribution in [0.5, 0.6) is 0 Å². The van der Waals surface area contributed by atoms with Crippen LogP contribution in [0.3, 0.4) is 0 Å². The first-order valence-corrected chi connectivity index (χ1v) is 6.28. The summed E-state index contributed by atoms with van der Waals surface area (Å²) >= 11 is 1.18. The van der Waals surface area contributed by atoms with Gasteiger partial charge < -0.3 is 10.4 Å². The van der Waals surface area contributed by atoms with Crippen LogP contribution in [-0.2, 0) is 9.59 Å². The van der Waals surface area contributed by atoms with E-state index in [9.17, 15) is 19.7 Å². The predicted molar refractivity (Wildman–Crippen MR) is 69.1 cm³/mol. The molecule has 1 unspecified atom stereocenters. The zero-order valence-corrected chi connectivity index (χ0v) is 10.8. The molecule has 1 rings (SSSR count). The second-order valence-corrected chi connectivity index (χ2v) is 4.72. The molecule has 0 bridgehead atoms. The minimum atomic E-state index is -1.10. The molecule has 0 aliphatic rings. The Labute approximate surface area is 113 Å². The highest BCUT2D eigenvalue weighted by atomic mass is 32.2. The Morgan fingerprint density at radius 3 is 2.47 bits per heavy atom. The smallest absolute Gasteiger partial charge is 0.325 e. The minimum absolute atomic E-state index is 0.0201. The van der Waals surface area contributed by atoms with Gasteiger partial charge in [0.25, 0.3) is 5.69 Å². The van der Waals surface area contributed by atoms with Crippen molar-refractivity contribution in [3.63, 3.8) is 0 Å². The Kier molecular flexibility index (Phi) is 5.31. The van der Waals surface area contributed by atoms with Gasteiger partial charge >= 0.3 is 5.97 Å². The molecule has 0 spiro atoms. The number of non-ortho nitro benzene ring substituents is 1. The van der Waals surface area contributed by atoms with Crippen molar-refractivity contribution in [2.75, 3.05) is 5.75 Å². The van der Waals surface area contributed by atoms with Gasteiger partial charge in [-0.2, -0.15) is 0 Å². The van der Waals surface area contributed by atoms with E-state index in [-0.39, 0.29) is 11.4 Å². The number of rotatable bonds is 6. The van der Waals surface area contributed by atoms with Crippen LogP contribution < -0.4 is 5.32 Å². The fourth-order valence-electron chi connectivity index (χ4n) is 1.16. The summed E-state index contributed by atoms with van der Waals surface area (Å²) in [6, 6.07) is 4.83. The summed E-state index contributed by atoms with van der Waals surface area (Å²) in [6.07, 6.45) is 0. The van der Waals surface area contributed by atoms with E-state index in [0.29, 0.717) is 4.90 Å². The Morgan fingerprint density at radius 2 is 2.00 bits per heavy atom. The summed E-state index contributed by atoms with van der Waals surface area (Å²) in [6.45, 7) is 1.37. The molecule has 0 heterocycles. The number of aliphatic carboxylic acids is 1. The molecule has 1 aromatic rings. The zero-order valence-electron chi connectivity index (χ0n) is 10.0. The Balaban J connectivity index is 2.46. The van der Waals surface area contributed by atoms with Crippen molar-refractivity contribution in [1.29, 1.82) is 0 Å². The molecule has 0 aromatic heterocycles. The van der Waals surface area contributed by atoms with Crippen LogP contribution in [-0.4, -0.2) is 33.7 Å². The molecule has 0 saturated heterocycles. The molecule has 1 aromatic carbocycles. The largest absolute Gasteiger partial charge is 0.480 e. The van der Waals surface area contributed by atoms with E-state index < -0.39 is 22.8 Å². The maximum Gasteiger partial charge on any atom is 0.325 e. The molecule has 1 atom stereocenters. The lowest BCUT2D eigenvalue weighted by atomic mass is 10.3. The molecule has 2 N–H and O–H groups in total. The number of carbonyl (C=O) groups excluding carboxylic acids is 1. The summed E-state index contributed by atoms with van der Waals surface area (Å²) in [7, 11) is 0. The quantitative estimate of drug-likeness (QED) is 0.462. The van der Waals surface area contributed by atoms with Gasteiger partial charge in [-0.25, -0.2) is 0 Å². The van der Waals surface area contributed by atoms with E-state index in [0.717, 1.165) is 0 Å². The zero-order chi connectivity index (χ0) is 14.4. The van der Waals surface area contributed by atoms with Crippen molar-refractivity contribution in [3.05, 3.63) is 34.4 Å². The van der Waals surface area contributed by atoms with E-state index in [1.807, 2.05) is 0 Å². The van der Waals surface area contributed by atoms with Crippen molar-refractivity contribution in [2.24, 2.45) is 0 Å². The SMILES string of the molecule is CC(NC(=O)CSc1ccc([N+](=O)[O-])cc1)C(=O)O. The molecule has 0 saturated carbocycles. The van der Waals surface area contributed by atoms with Crippen LogP contribution >= 0.6 is 11.8 Å². The molecule has 0 fully saturated rings. The van der Waals surface area contributed by atoms with Crippen molar-refractivity contribution >= 4 is 29.3 Å². The molecular formula is C11H12N2O5S. The number of nitrogens with zero attached hydrogens (tertiary/aromatic N) is 1. The molecular weight excluding hydrogens is 272 g/mol. The van der Waals surface area contributed by atoms with E-state index in [2.05, 4.69) is 5.32 Å². The summed E-state index contributed by atoms with van der Waals surface area (Å²) in [5.74, 6) is -1.46. The van der Waals surface area contributed by atoms with Crippen LogP contribution in [0.1, 0.15) is 6.92 Å². The number of nitro groups is 1. The number of carboxylic acids is 1. The second kappa shape index (κ2) is 6.74. The molecule has 0 radical (unpaired) electrons. The second-order valence-electron chi connectivity index (χ2n) is 3.67. The van der Waals surface area contributed by atoms with Crippen LogP contribution in [0.4, 0.5) is 5.69 Å². The normalized spacial score (nSPS) is 11.6. The number of hydrogen-bond acceptors (Lipinski definition) is 5. The molecule has 0 aliphatic carbocycles. The van der Waals surface area contributed by atoms with Gasteiger partial charge in [0.1, 0.15) is 6.04 Å².